The molecule has 0 bridgehead atoms. The fourth-order valence-corrected chi connectivity index (χ4v) is 5.31. The second-order valence-corrected chi connectivity index (χ2v) is 8.91. The number of carbonyl (C=O) groups is 1. The molecule has 1 heterocycles. The number of hydrogen-bond donors (Lipinski definition) is 2. The van der Waals surface area contributed by atoms with Crippen LogP contribution in [0.2, 0.25) is 10.0 Å². The summed E-state index contributed by atoms with van der Waals surface area (Å²) in [7, 11) is -3.86. The van der Waals surface area contributed by atoms with Crippen molar-refractivity contribution in [3.63, 3.8) is 0 Å². The van der Waals surface area contributed by atoms with E-state index in [1.807, 2.05) is 0 Å². The fraction of sp³-hybridized carbons (Fsp3) is 0.0588. The van der Waals surface area contributed by atoms with Crippen molar-refractivity contribution in [2.45, 2.75) is 9.79 Å². The third-order valence-electron chi connectivity index (χ3n) is 3.46. The van der Waals surface area contributed by atoms with Crippen LogP contribution in [0.15, 0.2) is 63.8 Å². The molecule has 1 amide bonds. The molecule has 1 aliphatic rings. The number of nitrogens with one attached hydrogen (secondary N) is 2. The van der Waals surface area contributed by atoms with E-state index in [-0.39, 0.29) is 27.2 Å². The summed E-state index contributed by atoms with van der Waals surface area (Å²) in [6.07, 6.45) is 1.55. The highest BCUT2D eigenvalue weighted by atomic mass is 35.5. The lowest BCUT2D eigenvalue weighted by Crippen LogP contribution is -2.33. The highest BCUT2D eigenvalue weighted by Gasteiger charge is 2.30. The predicted molar refractivity (Wildman–Crippen MR) is 110 cm³/mol. The first-order valence-corrected chi connectivity index (χ1v) is 10.6. The first kappa shape index (κ1) is 19.8. The zero-order chi connectivity index (χ0) is 19.6. The maximum atomic E-state index is 12.5. The molecule has 0 saturated heterocycles. The van der Waals surface area contributed by atoms with E-state index in [4.69, 9.17) is 23.2 Å². The van der Waals surface area contributed by atoms with Crippen molar-refractivity contribution in [1.29, 1.82) is 0 Å². The minimum Gasteiger partial charge on any atom is -0.322 e. The third-order valence-corrected chi connectivity index (χ3v) is 6.65. The zero-order valence-electron chi connectivity index (χ0n) is 13.7. The van der Waals surface area contributed by atoms with Crippen LogP contribution in [0.5, 0.6) is 0 Å². The van der Waals surface area contributed by atoms with Crippen molar-refractivity contribution < 1.29 is 13.2 Å². The van der Waals surface area contributed by atoms with Crippen molar-refractivity contribution in [3.05, 3.63) is 64.7 Å². The Morgan fingerprint density at radius 2 is 1.96 bits per heavy atom. The topological polar surface area (TPSA) is 87.6 Å². The van der Waals surface area contributed by atoms with Crippen molar-refractivity contribution in [2.24, 2.45) is 4.99 Å². The summed E-state index contributed by atoms with van der Waals surface area (Å²) in [4.78, 5) is 17.0. The number of nitrogens with zero attached hydrogens (tertiary/aromatic N) is 1. The average molecular weight is 442 g/mol. The van der Waals surface area contributed by atoms with E-state index >= 15 is 0 Å². The van der Waals surface area contributed by atoms with E-state index in [2.05, 4.69) is 21.6 Å². The molecule has 0 aromatic heterocycles. The maximum Gasteiger partial charge on any atom is 0.264 e. The van der Waals surface area contributed by atoms with E-state index in [1.165, 1.54) is 12.1 Å². The highest BCUT2D eigenvalue weighted by molar-refractivity contribution is 8.16. The minimum atomic E-state index is -3.86. The van der Waals surface area contributed by atoms with Gasteiger partial charge in [-0.2, -0.15) is 0 Å². The van der Waals surface area contributed by atoms with Crippen molar-refractivity contribution in [1.82, 2.24) is 4.72 Å². The second kappa shape index (κ2) is 7.93. The van der Waals surface area contributed by atoms with Crippen LogP contribution in [0.3, 0.4) is 0 Å². The van der Waals surface area contributed by atoms with Gasteiger partial charge in [-0.1, -0.05) is 41.0 Å². The lowest BCUT2D eigenvalue weighted by atomic mass is 10.2. The first-order chi connectivity index (χ1) is 12.8. The number of amidine groups is 1. The summed E-state index contributed by atoms with van der Waals surface area (Å²) in [5.74, 6) is -0.531. The molecule has 0 spiro atoms. The number of amides is 1. The van der Waals surface area contributed by atoms with Crippen LogP contribution in [-0.2, 0) is 10.0 Å². The fourth-order valence-electron chi connectivity index (χ4n) is 2.24. The number of hydrogen-bond acceptors (Lipinski definition) is 5. The van der Waals surface area contributed by atoms with Gasteiger partial charge < -0.3 is 5.32 Å². The summed E-state index contributed by atoms with van der Waals surface area (Å²) < 4.78 is 27.4. The number of benzene rings is 2. The Hall–Kier alpha value is -2.00. The molecule has 2 aromatic carbocycles. The summed E-state index contributed by atoms with van der Waals surface area (Å²) in [5.41, 5.74) is 0.551. The number of sulfonamides is 1. The molecule has 0 fully saturated rings. The molecule has 0 atom stereocenters. The summed E-state index contributed by atoms with van der Waals surface area (Å²) >= 11 is 13.2. The lowest BCUT2D eigenvalue weighted by molar-refractivity contribution is 0.102. The van der Waals surface area contributed by atoms with Crippen molar-refractivity contribution >= 4 is 61.7 Å². The Morgan fingerprint density at radius 1 is 1.26 bits per heavy atom. The van der Waals surface area contributed by atoms with Gasteiger partial charge in [0, 0.05) is 15.6 Å². The van der Waals surface area contributed by atoms with Crippen LogP contribution in [0.4, 0.5) is 5.69 Å². The molecule has 27 heavy (non-hydrogen) atoms. The number of anilines is 1. The Morgan fingerprint density at radius 3 is 2.63 bits per heavy atom. The summed E-state index contributed by atoms with van der Waals surface area (Å²) in [5, 5.41) is 3.54. The Balaban J connectivity index is 1.95. The number of carbonyl (C=O) groups excluding carboxylic acids is 1. The monoisotopic (exact) mass is 441 g/mol. The molecule has 0 saturated carbocycles. The molecule has 2 N–H and O–H groups in total. The molecule has 0 unspecified atom stereocenters. The van der Waals surface area contributed by atoms with Crippen LogP contribution in [-0.4, -0.2) is 26.0 Å². The van der Waals surface area contributed by atoms with Crippen LogP contribution < -0.4 is 10.0 Å². The molecule has 0 aliphatic carbocycles. The van der Waals surface area contributed by atoms with Gasteiger partial charge in [-0.15, -0.1) is 6.58 Å². The lowest BCUT2D eigenvalue weighted by Gasteiger charge is -2.20. The first-order valence-electron chi connectivity index (χ1n) is 7.56. The van der Waals surface area contributed by atoms with Crippen LogP contribution in [0.25, 0.3) is 0 Å². The largest absolute Gasteiger partial charge is 0.322 e. The van der Waals surface area contributed by atoms with Gasteiger partial charge in [-0.05, 0) is 36.4 Å². The van der Waals surface area contributed by atoms with Gasteiger partial charge in [0.25, 0.3) is 15.9 Å². The number of halogens is 2. The van der Waals surface area contributed by atoms with Crippen LogP contribution >= 0.6 is 35.0 Å². The molecule has 6 nitrogen and oxygen atoms in total. The Bertz CT molecular complexity index is 1050. The molecule has 10 heteroatoms. The van der Waals surface area contributed by atoms with Gasteiger partial charge in [0.1, 0.15) is 4.90 Å². The average Bonchev–Trinajstić information content (AvgIpc) is 2.60. The van der Waals surface area contributed by atoms with Crippen molar-refractivity contribution in [3.8, 4) is 0 Å². The highest BCUT2D eigenvalue weighted by Crippen LogP contribution is 2.36. The van der Waals surface area contributed by atoms with Gasteiger partial charge in [0.2, 0.25) is 0 Å². The van der Waals surface area contributed by atoms with E-state index in [1.54, 1.807) is 30.3 Å². The normalized spacial score (nSPS) is 16.3. The van der Waals surface area contributed by atoms with Gasteiger partial charge >= 0.3 is 0 Å². The number of rotatable bonds is 4. The van der Waals surface area contributed by atoms with E-state index in [0.29, 0.717) is 15.6 Å². The van der Waals surface area contributed by atoms with Gasteiger partial charge in [0.15, 0.2) is 5.17 Å². The van der Waals surface area contributed by atoms with Crippen LogP contribution in [0.1, 0.15) is 10.4 Å². The molecule has 140 valence electrons. The zero-order valence-corrected chi connectivity index (χ0v) is 16.8. The van der Waals surface area contributed by atoms with Gasteiger partial charge in [-0.3, -0.25) is 14.5 Å². The molecule has 1 aliphatic heterocycles. The maximum absolute atomic E-state index is 12.5. The number of fused-ring (bicyclic) bond motifs is 1. The smallest absolute Gasteiger partial charge is 0.264 e. The van der Waals surface area contributed by atoms with E-state index < -0.39 is 15.9 Å². The van der Waals surface area contributed by atoms with Crippen molar-refractivity contribution in [2.75, 3.05) is 11.9 Å². The standard InChI is InChI=1S/C17H13Cl2N3O3S2/c1-2-7-20-17-22-27(24,25)15-8-12(13(19)9-14(15)26-17)16(23)21-11-5-3-10(18)4-6-11/h2-6,8-9H,1,7H2,(H,20,22)(H,21,23). The Labute approximate surface area is 170 Å². The third kappa shape index (κ3) is 4.47. The molecule has 2 aromatic rings. The molecule has 0 radical (unpaired) electrons. The summed E-state index contributed by atoms with van der Waals surface area (Å²) in [6, 6.07) is 9.20. The number of aliphatic imine (C=N–C) groups is 1. The second-order valence-electron chi connectivity index (χ2n) is 5.38. The quantitative estimate of drug-likeness (QED) is 0.696. The Kier molecular flexibility index (Phi) is 5.81. The molecule has 3 rings (SSSR count). The minimum absolute atomic E-state index is 0.0318. The molecular weight excluding hydrogens is 429 g/mol. The number of thioether (sulfide) groups is 1. The van der Waals surface area contributed by atoms with E-state index in [9.17, 15) is 13.2 Å². The van der Waals surface area contributed by atoms with E-state index in [0.717, 1.165) is 11.8 Å². The predicted octanol–water partition coefficient (Wildman–Crippen LogP) is 4.17. The van der Waals surface area contributed by atoms with Crippen LogP contribution in [0, 0.1) is 0 Å². The SMILES string of the molecule is C=CCN=C1NS(=O)(=O)c2cc(C(=O)Nc3ccc(Cl)cc3)c(Cl)cc2S1. The van der Waals surface area contributed by atoms with Gasteiger partial charge in [0.05, 0.1) is 17.1 Å². The van der Waals surface area contributed by atoms with Gasteiger partial charge in [-0.25, -0.2) is 8.42 Å². The molecular formula is C17H13Cl2N3O3S2. The summed E-state index contributed by atoms with van der Waals surface area (Å²) in [6.45, 7) is 3.82.